The van der Waals surface area contributed by atoms with Gasteiger partial charge in [0.05, 0.1) is 6.61 Å². The Morgan fingerprint density at radius 3 is 1.22 bits per heavy atom. The third-order valence-corrected chi connectivity index (χ3v) is 14.4. The molecular formula is C69H116O12. The average Bonchev–Trinajstić information content (AvgIpc) is 3.45. The molecular weight excluding hydrogens is 1020 g/mol. The number of carbonyl (C=O) groups excluding carboxylic acids is 3. The van der Waals surface area contributed by atoms with Crippen LogP contribution in [0.1, 0.15) is 278 Å². The predicted octanol–water partition coefficient (Wildman–Crippen LogP) is 17.5. The molecule has 0 aromatic carbocycles. The van der Waals surface area contributed by atoms with E-state index < -0.39 is 67.3 Å². The number of rotatable bonds is 55. The van der Waals surface area contributed by atoms with E-state index in [1.54, 1.807) is 0 Å². The lowest BCUT2D eigenvalue weighted by Gasteiger charge is -2.40. The SMILES string of the molecule is CC/C=C\C/C=C\C/C=C\C/C=C\CCCCCCCCC(=O)OCC(COC1OC(C(=O)O)C(O)C(O)C1OC(=O)CCCCCCCCCCC/C=C\C/C=C\CCCCC)OC(=O)CCCCCCC/C=C\CCCCCC. The minimum atomic E-state index is -1.91. The highest BCUT2D eigenvalue weighted by Crippen LogP contribution is 2.27. The van der Waals surface area contributed by atoms with Crippen LogP contribution in [0.15, 0.2) is 85.1 Å². The number of hydrogen-bond acceptors (Lipinski definition) is 11. The zero-order valence-electron chi connectivity index (χ0n) is 51.3. The molecule has 12 heteroatoms. The summed E-state index contributed by atoms with van der Waals surface area (Å²) < 4.78 is 28.5. The molecule has 464 valence electrons. The van der Waals surface area contributed by atoms with Gasteiger partial charge in [0.25, 0.3) is 0 Å². The zero-order valence-corrected chi connectivity index (χ0v) is 51.3. The first-order valence-corrected chi connectivity index (χ1v) is 32.6. The Kier molecular flexibility index (Phi) is 52.1. The van der Waals surface area contributed by atoms with Gasteiger partial charge < -0.3 is 39.0 Å². The fourth-order valence-electron chi connectivity index (χ4n) is 9.44. The van der Waals surface area contributed by atoms with Crippen LogP contribution in [0.2, 0.25) is 0 Å². The average molecular weight is 1140 g/mol. The number of carboxylic acids is 1. The second-order valence-electron chi connectivity index (χ2n) is 22.0. The highest BCUT2D eigenvalue weighted by Gasteiger charge is 2.50. The van der Waals surface area contributed by atoms with E-state index in [9.17, 15) is 34.5 Å². The first kappa shape index (κ1) is 74.9. The van der Waals surface area contributed by atoms with E-state index in [0.29, 0.717) is 19.3 Å². The van der Waals surface area contributed by atoms with Gasteiger partial charge in [0.2, 0.25) is 0 Å². The van der Waals surface area contributed by atoms with Gasteiger partial charge in [-0.3, -0.25) is 14.4 Å². The first-order chi connectivity index (χ1) is 39.6. The van der Waals surface area contributed by atoms with Crippen molar-refractivity contribution in [3.8, 4) is 0 Å². The van der Waals surface area contributed by atoms with E-state index in [2.05, 4.69) is 106 Å². The molecule has 12 nitrogen and oxygen atoms in total. The maximum atomic E-state index is 13.2. The second-order valence-corrected chi connectivity index (χ2v) is 22.0. The van der Waals surface area contributed by atoms with Crippen molar-refractivity contribution >= 4 is 23.9 Å². The molecule has 0 radical (unpaired) electrons. The highest BCUT2D eigenvalue weighted by molar-refractivity contribution is 5.74. The molecule has 0 spiro atoms. The normalized spacial score (nSPS) is 18.3. The number of carboxylic acid groups (broad SMARTS) is 1. The van der Waals surface area contributed by atoms with Gasteiger partial charge >= 0.3 is 23.9 Å². The summed E-state index contributed by atoms with van der Waals surface area (Å²) in [6.45, 7) is 5.84. The number of hydrogen-bond donors (Lipinski definition) is 3. The van der Waals surface area contributed by atoms with Crippen LogP contribution in [0.3, 0.4) is 0 Å². The summed E-state index contributed by atoms with van der Waals surface area (Å²) in [5.41, 5.74) is 0. The van der Waals surface area contributed by atoms with E-state index in [1.807, 2.05) is 0 Å². The molecule has 0 saturated carbocycles. The van der Waals surface area contributed by atoms with Crippen LogP contribution in [0.5, 0.6) is 0 Å². The summed E-state index contributed by atoms with van der Waals surface area (Å²) in [5, 5.41) is 31.6. The smallest absolute Gasteiger partial charge is 0.335 e. The molecule has 1 fully saturated rings. The van der Waals surface area contributed by atoms with Crippen LogP contribution in [0, 0.1) is 0 Å². The quantitative estimate of drug-likeness (QED) is 0.0228. The molecule has 1 rings (SSSR count). The third kappa shape index (κ3) is 46.0. The predicted molar refractivity (Wildman–Crippen MR) is 331 cm³/mol. The lowest BCUT2D eigenvalue weighted by atomic mass is 9.98. The van der Waals surface area contributed by atoms with Gasteiger partial charge in [-0.05, 0) is 116 Å². The number of aliphatic hydroxyl groups is 2. The Labute approximate surface area is 492 Å². The van der Waals surface area contributed by atoms with Crippen molar-refractivity contribution in [3.05, 3.63) is 85.1 Å². The van der Waals surface area contributed by atoms with E-state index in [0.717, 1.165) is 141 Å². The molecule has 6 atom stereocenters. The molecule has 0 aromatic rings. The van der Waals surface area contributed by atoms with Gasteiger partial charge in [-0.25, -0.2) is 4.79 Å². The number of aliphatic carboxylic acids is 1. The molecule has 3 N–H and O–H groups in total. The van der Waals surface area contributed by atoms with Gasteiger partial charge in [-0.15, -0.1) is 0 Å². The molecule has 1 saturated heterocycles. The number of ether oxygens (including phenoxy) is 5. The van der Waals surface area contributed by atoms with Crippen LogP contribution in [0.4, 0.5) is 0 Å². The molecule has 0 aromatic heterocycles. The molecule has 0 aliphatic carbocycles. The summed E-state index contributed by atoms with van der Waals surface area (Å²) in [7, 11) is 0. The Morgan fingerprint density at radius 2 is 0.778 bits per heavy atom. The van der Waals surface area contributed by atoms with Crippen molar-refractivity contribution in [2.75, 3.05) is 13.2 Å². The maximum Gasteiger partial charge on any atom is 0.335 e. The van der Waals surface area contributed by atoms with Crippen LogP contribution >= 0.6 is 0 Å². The van der Waals surface area contributed by atoms with Crippen LogP contribution in [0.25, 0.3) is 0 Å². The number of esters is 3. The van der Waals surface area contributed by atoms with Crippen molar-refractivity contribution in [1.82, 2.24) is 0 Å². The number of carbonyl (C=O) groups is 4. The molecule has 1 aliphatic heterocycles. The summed E-state index contributed by atoms with van der Waals surface area (Å²) in [6.07, 6.45) is 61.1. The number of allylic oxidation sites excluding steroid dienone is 14. The minimum Gasteiger partial charge on any atom is -0.479 e. The monoisotopic (exact) mass is 1140 g/mol. The summed E-state index contributed by atoms with van der Waals surface area (Å²) in [4.78, 5) is 51.3. The zero-order chi connectivity index (χ0) is 58.9. The minimum absolute atomic E-state index is 0.0513. The number of aliphatic hydroxyl groups excluding tert-OH is 2. The van der Waals surface area contributed by atoms with Crippen molar-refractivity contribution in [2.24, 2.45) is 0 Å². The van der Waals surface area contributed by atoms with E-state index in [4.69, 9.17) is 23.7 Å². The second kappa shape index (κ2) is 56.4. The fourth-order valence-corrected chi connectivity index (χ4v) is 9.44. The largest absolute Gasteiger partial charge is 0.479 e. The Hall–Kier alpha value is -4.10. The van der Waals surface area contributed by atoms with Crippen LogP contribution in [-0.4, -0.2) is 89.2 Å². The highest BCUT2D eigenvalue weighted by atomic mass is 16.7. The molecule has 1 heterocycles. The van der Waals surface area contributed by atoms with Crippen LogP contribution < -0.4 is 0 Å². The summed E-state index contributed by atoms with van der Waals surface area (Å²) in [6, 6.07) is 0. The van der Waals surface area contributed by atoms with Crippen molar-refractivity contribution in [2.45, 2.75) is 314 Å². The first-order valence-electron chi connectivity index (χ1n) is 32.6. The van der Waals surface area contributed by atoms with Crippen molar-refractivity contribution in [1.29, 1.82) is 0 Å². The van der Waals surface area contributed by atoms with E-state index >= 15 is 0 Å². The lowest BCUT2D eigenvalue weighted by Crippen LogP contribution is -2.61. The van der Waals surface area contributed by atoms with Gasteiger partial charge in [-0.1, -0.05) is 228 Å². The Bertz CT molecular complexity index is 1730. The fraction of sp³-hybridized carbons (Fsp3) is 0.739. The molecule has 81 heavy (non-hydrogen) atoms. The van der Waals surface area contributed by atoms with Gasteiger partial charge in [0.15, 0.2) is 24.6 Å². The summed E-state index contributed by atoms with van der Waals surface area (Å²) >= 11 is 0. The molecule has 0 amide bonds. The van der Waals surface area contributed by atoms with E-state index in [1.165, 1.54) is 77.0 Å². The molecule has 0 bridgehead atoms. The van der Waals surface area contributed by atoms with Gasteiger partial charge in [0.1, 0.15) is 18.8 Å². The maximum absolute atomic E-state index is 13.2. The lowest BCUT2D eigenvalue weighted by molar-refractivity contribution is -0.301. The van der Waals surface area contributed by atoms with Gasteiger partial charge in [-0.2, -0.15) is 0 Å². The standard InChI is InChI=1S/C69H116O12/c1-4-7-10-13-16-19-22-25-27-29-31-33-35-38-40-43-46-49-52-55-61(70)77-58-60(79-62(71)56-53-50-47-44-41-37-24-21-18-15-12-9-6-3)59-78-69-67(65(74)64(73)66(81-69)68(75)76)80-63(72)57-54-51-48-45-42-39-36-34-32-30-28-26-23-20-17-14-11-8-5-2/h7,10,16-17,19-21,24-28,31,33,60,64-67,69,73-74H,4-6,8-9,11-15,18,22-23,29-30,32,34-59H2,1-3H3,(H,75,76)/b10-7-,19-16-,20-17-,24-21-,27-25-,28-26-,33-31-. The molecule has 1 aliphatic rings. The van der Waals surface area contributed by atoms with Crippen molar-refractivity contribution < 1.29 is 58.2 Å². The summed E-state index contributed by atoms with van der Waals surface area (Å²) in [5.74, 6) is -3.15. The third-order valence-electron chi connectivity index (χ3n) is 14.4. The molecule has 6 unspecified atom stereocenters. The Balaban J connectivity index is 2.65. The van der Waals surface area contributed by atoms with E-state index in [-0.39, 0.29) is 25.9 Å². The Morgan fingerprint density at radius 1 is 0.420 bits per heavy atom. The topological polar surface area (TPSA) is 175 Å². The number of unbranched alkanes of at least 4 members (excludes halogenated alkanes) is 27. The van der Waals surface area contributed by atoms with Crippen LogP contribution in [-0.2, 0) is 42.9 Å². The van der Waals surface area contributed by atoms with Crippen molar-refractivity contribution in [3.63, 3.8) is 0 Å². The van der Waals surface area contributed by atoms with Gasteiger partial charge in [0, 0.05) is 19.3 Å².